The standard InChI is InChI=1S/C17H21FN2O/c1-3-9-19(14(2)21)13-17-8-5-10-20(17)12-15-6-4-7-16(18)11-15/h4-8,10-11H,3,9,12-13H2,1-2H3. The minimum absolute atomic E-state index is 0.0790. The average molecular weight is 288 g/mol. The molecule has 0 fully saturated rings. The molecule has 0 saturated heterocycles. The van der Waals surface area contributed by atoms with E-state index in [0.717, 1.165) is 24.2 Å². The molecule has 1 aromatic heterocycles. The molecule has 21 heavy (non-hydrogen) atoms. The highest BCUT2D eigenvalue weighted by molar-refractivity contribution is 5.73. The van der Waals surface area contributed by atoms with Gasteiger partial charge in [-0.1, -0.05) is 19.1 Å². The summed E-state index contributed by atoms with van der Waals surface area (Å²) in [6.45, 7) is 5.60. The molecular weight excluding hydrogens is 267 g/mol. The molecular formula is C17H21FN2O. The molecule has 3 nitrogen and oxygen atoms in total. The van der Waals surface area contributed by atoms with Gasteiger partial charge in [0.1, 0.15) is 5.82 Å². The third kappa shape index (κ3) is 4.18. The highest BCUT2D eigenvalue weighted by Crippen LogP contribution is 2.12. The molecule has 0 spiro atoms. The number of amides is 1. The van der Waals surface area contributed by atoms with E-state index in [4.69, 9.17) is 0 Å². The second-order valence-corrected chi connectivity index (χ2v) is 5.20. The van der Waals surface area contributed by atoms with Crippen molar-refractivity contribution in [3.05, 3.63) is 59.7 Å². The van der Waals surface area contributed by atoms with Gasteiger partial charge in [0.15, 0.2) is 0 Å². The summed E-state index contributed by atoms with van der Waals surface area (Å²) in [6, 6.07) is 10.6. The highest BCUT2D eigenvalue weighted by Gasteiger charge is 2.11. The average Bonchev–Trinajstić information content (AvgIpc) is 2.85. The summed E-state index contributed by atoms with van der Waals surface area (Å²) >= 11 is 0. The Labute approximate surface area is 125 Å². The van der Waals surface area contributed by atoms with Crippen LogP contribution in [-0.2, 0) is 17.9 Å². The Morgan fingerprint density at radius 1 is 1.29 bits per heavy atom. The van der Waals surface area contributed by atoms with Gasteiger partial charge in [0.05, 0.1) is 6.54 Å². The van der Waals surface area contributed by atoms with E-state index in [2.05, 4.69) is 11.5 Å². The summed E-state index contributed by atoms with van der Waals surface area (Å²) in [7, 11) is 0. The summed E-state index contributed by atoms with van der Waals surface area (Å²) in [5.41, 5.74) is 1.97. The first-order valence-electron chi connectivity index (χ1n) is 7.24. The van der Waals surface area contributed by atoms with Crippen LogP contribution in [0.25, 0.3) is 0 Å². The quantitative estimate of drug-likeness (QED) is 0.799. The van der Waals surface area contributed by atoms with Gasteiger partial charge in [-0.25, -0.2) is 4.39 Å². The molecule has 0 unspecified atom stereocenters. The van der Waals surface area contributed by atoms with Crippen LogP contribution in [0.1, 0.15) is 31.5 Å². The molecule has 0 aliphatic carbocycles. The van der Waals surface area contributed by atoms with Gasteiger partial charge in [0.25, 0.3) is 0 Å². The van der Waals surface area contributed by atoms with E-state index >= 15 is 0 Å². The van der Waals surface area contributed by atoms with E-state index in [1.54, 1.807) is 19.1 Å². The fraction of sp³-hybridized carbons (Fsp3) is 0.353. The molecule has 0 bridgehead atoms. The zero-order chi connectivity index (χ0) is 15.2. The Hall–Kier alpha value is -2.10. The van der Waals surface area contributed by atoms with E-state index in [1.807, 2.05) is 29.3 Å². The molecule has 1 aromatic carbocycles. The summed E-state index contributed by atoms with van der Waals surface area (Å²) in [5.74, 6) is -0.145. The number of hydrogen-bond donors (Lipinski definition) is 0. The lowest BCUT2D eigenvalue weighted by molar-refractivity contribution is -0.129. The smallest absolute Gasteiger partial charge is 0.219 e. The van der Waals surface area contributed by atoms with Gasteiger partial charge in [-0.05, 0) is 36.2 Å². The normalized spacial score (nSPS) is 10.6. The molecule has 2 aromatic rings. The van der Waals surface area contributed by atoms with Crippen LogP contribution < -0.4 is 0 Å². The summed E-state index contributed by atoms with van der Waals surface area (Å²) in [5, 5.41) is 0. The summed E-state index contributed by atoms with van der Waals surface area (Å²) in [6.07, 6.45) is 2.90. The third-order valence-corrected chi connectivity index (χ3v) is 3.46. The van der Waals surface area contributed by atoms with Crippen molar-refractivity contribution in [2.24, 2.45) is 0 Å². The van der Waals surface area contributed by atoms with Gasteiger partial charge < -0.3 is 9.47 Å². The van der Waals surface area contributed by atoms with Crippen molar-refractivity contribution >= 4 is 5.91 Å². The molecule has 0 radical (unpaired) electrons. The summed E-state index contributed by atoms with van der Waals surface area (Å²) < 4.78 is 15.3. The van der Waals surface area contributed by atoms with Crippen molar-refractivity contribution in [3.8, 4) is 0 Å². The monoisotopic (exact) mass is 288 g/mol. The first kappa shape index (κ1) is 15.3. The van der Waals surface area contributed by atoms with Crippen LogP contribution in [0, 0.1) is 5.82 Å². The number of carbonyl (C=O) groups excluding carboxylic acids is 1. The van der Waals surface area contributed by atoms with E-state index in [1.165, 1.54) is 6.07 Å². The Morgan fingerprint density at radius 3 is 2.76 bits per heavy atom. The molecule has 0 saturated carbocycles. The van der Waals surface area contributed by atoms with Gasteiger partial charge in [0, 0.05) is 31.9 Å². The van der Waals surface area contributed by atoms with Crippen molar-refractivity contribution in [2.75, 3.05) is 6.54 Å². The molecule has 0 N–H and O–H groups in total. The van der Waals surface area contributed by atoms with Crippen LogP contribution in [-0.4, -0.2) is 21.9 Å². The lowest BCUT2D eigenvalue weighted by Crippen LogP contribution is -2.29. The SMILES string of the molecule is CCCN(Cc1cccn1Cc1cccc(F)c1)C(C)=O. The van der Waals surface area contributed by atoms with Gasteiger partial charge in [-0.15, -0.1) is 0 Å². The van der Waals surface area contributed by atoms with Crippen LogP contribution in [0.4, 0.5) is 4.39 Å². The predicted molar refractivity (Wildman–Crippen MR) is 81.3 cm³/mol. The van der Waals surface area contributed by atoms with Crippen molar-refractivity contribution in [2.45, 2.75) is 33.4 Å². The zero-order valence-electron chi connectivity index (χ0n) is 12.6. The maximum atomic E-state index is 13.3. The number of carbonyl (C=O) groups is 1. The molecule has 0 atom stereocenters. The molecule has 1 heterocycles. The van der Waals surface area contributed by atoms with E-state index < -0.39 is 0 Å². The number of benzene rings is 1. The summed E-state index contributed by atoms with van der Waals surface area (Å²) in [4.78, 5) is 13.5. The molecule has 0 aliphatic rings. The Bertz CT molecular complexity index is 606. The fourth-order valence-electron chi connectivity index (χ4n) is 2.39. The van der Waals surface area contributed by atoms with Crippen LogP contribution in [0.15, 0.2) is 42.6 Å². The number of aromatic nitrogens is 1. The fourth-order valence-corrected chi connectivity index (χ4v) is 2.39. The maximum absolute atomic E-state index is 13.3. The number of halogens is 1. The Kier molecular flexibility index (Phi) is 5.14. The molecule has 2 rings (SSSR count). The first-order valence-corrected chi connectivity index (χ1v) is 7.24. The van der Waals surface area contributed by atoms with Crippen LogP contribution in [0.3, 0.4) is 0 Å². The molecule has 4 heteroatoms. The second-order valence-electron chi connectivity index (χ2n) is 5.20. The molecule has 112 valence electrons. The largest absolute Gasteiger partial charge is 0.345 e. The Morgan fingerprint density at radius 2 is 2.10 bits per heavy atom. The zero-order valence-corrected chi connectivity index (χ0v) is 12.6. The van der Waals surface area contributed by atoms with Crippen LogP contribution in [0.5, 0.6) is 0 Å². The van der Waals surface area contributed by atoms with Crippen LogP contribution in [0.2, 0.25) is 0 Å². The van der Waals surface area contributed by atoms with E-state index in [-0.39, 0.29) is 11.7 Å². The van der Waals surface area contributed by atoms with Crippen molar-refractivity contribution in [1.82, 2.24) is 9.47 Å². The van der Waals surface area contributed by atoms with Crippen molar-refractivity contribution < 1.29 is 9.18 Å². The van der Waals surface area contributed by atoms with Gasteiger partial charge in [0.2, 0.25) is 5.91 Å². The number of rotatable bonds is 6. The number of nitrogens with zero attached hydrogens (tertiary/aromatic N) is 2. The lowest BCUT2D eigenvalue weighted by Gasteiger charge is -2.21. The lowest BCUT2D eigenvalue weighted by atomic mass is 10.2. The first-order chi connectivity index (χ1) is 10.1. The minimum Gasteiger partial charge on any atom is -0.345 e. The van der Waals surface area contributed by atoms with Gasteiger partial charge in [-0.2, -0.15) is 0 Å². The maximum Gasteiger partial charge on any atom is 0.219 e. The van der Waals surface area contributed by atoms with Crippen molar-refractivity contribution in [3.63, 3.8) is 0 Å². The second kappa shape index (κ2) is 7.07. The minimum atomic E-state index is -0.224. The van der Waals surface area contributed by atoms with Gasteiger partial charge >= 0.3 is 0 Å². The van der Waals surface area contributed by atoms with Crippen molar-refractivity contribution in [1.29, 1.82) is 0 Å². The van der Waals surface area contributed by atoms with E-state index in [9.17, 15) is 9.18 Å². The van der Waals surface area contributed by atoms with E-state index in [0.29, 0.717) is 13.1 Å². The number of hydrogen-bond acceptors (Lipinski definition) is 1. The topological polar surface area (TPSA) is 25.2 Å². The molecule has 1 amide bonds. The molecule has 0 aliphatic heterocycles. The third-order valence-electron chi connectivity index (χ3n) is 3.46. The predicted octanol–water partition coefficient (Wildman–Crippen LogP) is 3.43. The highest BCUT2D eigenvalue weighted by atomic mass is 19.1. The van der Waals surface area contributed by atoms with Crippen LogP contribution >= 0.6 is 0 Å². The Balaban J connectivity index is 2.12. The van der Waals surface area contributed by atoms with Gasteiger partial charge in [-0.3, -0.25) is 4.79 Å².